The lowest BCUT2D eigenvalue weighted by molar-refractivity contribution is -0.118. The van der Waals surface area contributed by atoms with Gasteiger partial charge in [-0.1, -0.05) is 68.9 Å². The van der Waals surface area contributed by atoms with Gasteiger partial charge in [0.05, 0.1) is 0 Å². The molecule has 0 bridgehead atoms. The molecule has 100 valence electrons. The minimum atomic E-state index is 0.384. The smallest absolute Gasteiger partial charge is 0.137 e. The second kappa shape index (κ2) is 8.91. The number of benzene rings is 1. The highest BCUT2D eigenvalue weighted by molar-refractivity contribution is 5.80. The van der Waals surface area contributed by atoms with E-state index in [2.05, 4.69) is 38.1 Å². The Morgan fingerprint density at radius 3 is 2.22 bits per heavy atom. The topological polar surface area (TPSA) is 17.1 Å². The van der Waals surface area contributed by atoms with Crippen molar-refractivity contribution in [3.63, 3.8) is 0 Å². The molecule has 0 aliphatic carbocycles. The Hall–Kier alpha value is -1.11. The SMILES string of the molecule is CCCCCCCCC(=O)Cc1ccc(C)cc1. The number of hydrogen-bond acceptors (Lipinski definition) is 1. The fourth-order valence-electron chi connectivity index (χ4n) is 2.12. The van der Waals surface area contributed by atoms with Crippen molar-refractivity contribution in [3.05, 3.63) is 35.4 Å². The number of rotatable bonds is 9. The van der Waals surface area contributed by atoms with Crippen molar-refractivity contribution in [1.82, 2.24) is 0 Å². The molecule has 0 aromatic heterocycles. The largest absolute Gasteiger partial charge is 0.299 e. The summed E-state index contributed by atoms with van der Waals surface area (Å²) in [5, 5.41) is 0. The highest BCUT2D eigenvalue weighted by atomic mass is 16.1. The summed E-state index contributed by atoms with van der Waals surface area (Å²) in [4.78, 5) is 11.8. The maximum atomic E-state index is 11.8. The molecule has 0 aliphatic rings. The summed E-state index contributed by atoms with van der Waals surface area (Å²) in [5.74, 6) is 0.384. The van der Waals surface area contributed by atoms with Crippen molar-refractivity contribution < 1.29 is 4.79 Å². The van der Waals surface area contributed by atoms with Crippen molar-refractivity contribution in [2.75, 3.05) is 0 Å². The van der Waals surface area contributed by atoms with Gasteiger partial charge in [-0.2, -0.15) is 0 Å². The minimum Gasteiger partial charge on any atom is -0.299 e. The molecule has 0 atom stereocenters. The van der Waals surface area contributed by atoms with E-state index >= 15 is 0 Å². The van der Waals surface area contributed by atoms with Crippen LogP contribution in [0.5, 0.6) is 0 Å². The third-order valence-electron chi connectivity index (χ3n) is 3.33. The van der Waals surface area contributed by atoms with Crippen LogP contribution < -0.4 is 0 Å². The van der Waals surface area contributed by atoms with Crippen LogP contribution in [0.15, 0.2) is 24.3 Å². The molecule has 0 radical (unpaired) electrons. The second-order valence-electron chi connectivity index (χ2n) is 5.22. The molecule has 0 heterocycles. The van der Waals surface area contributed by atoms with Crippen LogP contribution in [0.25, 0.3) is 0 Å². The van der Waals surface area contributed by atoms with Gasteiger partial charge in [0, 0.05) is 12.8 Å². The first kappa shape index (κ1) is 14.9. The molecular formula is C17H26O. The molecule has 0 saturated carbocycles. The van der Waals surface area contributed by atoms with Crippen LogP contribution in [0, 0.1) is 6.92 Å². The van der Waals surface area contributed by atoms with Crippen LogP contribution in [0.3, 0.4) is 0 Å². The lowest BCUT2D eigenvalue weighted by Gasteiger charge is -2.02. The predicted molar refractivity (Wildman–Crippen MR) is 77.9 cm³/mol. The minimum absolute atomic E-state index is 0.384. The van der Waals surface area contributed by atoms with Crippen LogP contribution in [0.1, 0.15) is 63.0 Å². The van der Waals surface area contributed by atoms with Gasteiger partial charge in [0.1, 0.15) is 5.78 Å². The number of Topliss-reactive ketones (excluding diaryl/α,β-unsaturated/α-hetero) is 1. The van der Waals surface area contributed by atoms with Gasteiger partial charge in [0.2, 0.25) is 0 Å². The van der Waals surface area contributed by atoms with Gasteiger partial charge in [-0.05, 0) is 18.9 Å². The van der Waals surface area contributed by atoms with E-state index in [-0.39, 0.29) is 0 Å². The standard InChI is InChI=1S/C17H26O/c1-3-4-5-6-7-8-9-17(18)14-16-12-10-15(2)11-13-16/h10-13H,3-9,14H2,1-2H3. The van der Waals surface area contributed by atoms with Crippen LogP contribution in [-0.2, 0) is 11.2 Å². The maximum Gasteiger partial charge on any atom is 0.137 e. The molecular weight excluding hydrogens is 220 g/mol. The summed E-state index contributed by atoms with van der Waals surface area (Å²) in [6, 6.07) is 8.28. The number of hydrogen-bond donors (Lipinski definition) is 0. The third kappa shape index (κ3) is 6.58. The van der Waals surface area contributed by atoms with E-state index in [0.29, 0.717) is 12.2 Å². The Morgan fingerprint density at radius 1 is 0.944 bits per heavy atom. The molecule has 0 amide bonds. The Bertz CT molecular complexity index is 337. The molecule has 1 nitrogen and oxygen atoms in total. The summed E-state index contributed by atoms with van der Waals surface area (Å²) < 4.78 is 0. The zero-order valence-electron chi connectivity index (χ0n) is 11.9. The molecule has 1 aromatic rings. The summed E-state index contributed by atoms with van der Waals surface area (Å²) in [5.41, 5.74) is 2.40. The van der Waals surface area contributed by atoms with Crippen molar-refractivity contribution in [2.24, 2.45) is 0 Å². The van der Waals surface area contributed by atoms with Crippen molar-refractivity contribution in [1.29, 1.82) is 0 Å². The highest BCUT2D eigenvalue weighted by Gasteiger charge is 2.03. The van der Waals surface area contributed by atoms with E-state index in [1.165, 1.54) is 37.7 Å². The Balaban J connectivity index is 2.12. The van der Waals surface area contributed by atoms with E-state index in [0.717, 1.165) is 18.4 Å². The van der Waals surface area contributed by atoms with Crippen molar-refractivity contribution in [2.45, 2.75) is 65.2 Å². The summed E-state index contributed by atoms with van der Waals surface area (Å²) in [6.07, 6.45) is 8.85. The van der Waals surface area contributed by atoms with Gasteiger partial charge < -0.3 is 0 Å². The molecule has 1 aromatic carbocycles. The first-order valence-electron chi connectivity index (χ1n) is 7.29. The molecule has 0 fully saturated rings. The first-order valence-corrected chi connectivity index (χ1v) is 7.29. The normalized spacial score (nSPS) is 10.6. The van der Waals surface area contributed by atoms with Crippen LogP contribution >= 0.6 is 0 Å². The predicted octanol–water partition coefficient (Wildman–Crippen LogP) is 4.86. The average molecular weight is 246 g/mol. The molecule has 0 unspecified atom stereocenters. The van der Waals surface area contributed by atoms with Crippen LogP contribution in [0.4, 0.5) is 0 Å². The monoisotopic (exact) mass is 246 g/mol. The summed E-state index contributed by atoms with van der Waals surface area (Å²) >= 11 is 0. The van der Waals surface area contributed by atoms with Crippen LogP contribution in [-0.4, -0.2) is 5.78 Å². The van der Waals surface area contributed by atoms with Gasteiger partial charge in [-0.3, -0.25) is 4.79 Å². The fourth-order valence-corrected chi connectivity index (χ4v) is 2.12. The Kier molecular flexibility index (Phi) is 7.40. The molecule has 1 heteroatoms. The van der Waals surface area contributed by atoms with E-state index in [1.54, 1.807) is 0 Å². The van der Waals surface area contributed by atoms with E-state index < -0.39 is 0 Å². The Morgan fingerprint density at radius 2 is 1.56 bits per heavy atom. The third-order valence-corrected chi connectivity index (χ3v) is 3.33. The lowest BCUT2D eigenvalue weighted by Crippen LogP contribution is -2.02. The van der Waals surface area contributed by atoms with E-state index in [1.807, 2.05) is 0 Å². The molecule has 0 N–H and O–H groups in total. The maximum absolute atomic E-state index is 11.8. The molecule has 0 saturated heterocycles. The zero-order valence-corrected chi connectivity index (χ0v) is 11.9. The number of carbonyl (C=O) groups excluding carboxylic acids is 1. The van der Waals surface area contributed by atoms with E-state index in [9.17, 15) is 4.79 Å². The lowest BCUT2D eigenvalue weighted by atomic mass is 10.0. The summed E-state index contributed by atoms with van der Waals surface area (Å²) in [6.45, 7) is 4.30. The average Bonchev–Trinajstić information content (AvgIpc) is 2.36. The quantitative estimate of drug-likeness (QED) is 0.569. The van der Waals surface area contributed by atoms with Gasteiger partial charge in [0.25, 0.3) is 0 Å². The van der Waals surface area contributed by atoms with Gasteiger partial charge in [-0.25, -0.2) is 0 Å². The number of ketones is 1. The Labute approximate surface area is 112 Å². The van der Waals surface area contributed by atoms with Crippen LogP contribution in [0.2, 0.25) is 0 Å². The number of unbranched alkanes of at least 4 members (excludes halogenated alkanes) is 5. The highest BCUT2D eigenvalue weighted by Crippen LogP contribution is 2.10. The van der Waals surface area contributed by atoms with E-state index in [4.69, 9.17) is 0 Å². The molecule has 18 heavy (non-hydrogen) atoms. The van der Waals surface area contributed by atoms with Gasteiger partial charge in [0.15, 0.2) is 0 Å². The second-order valence-corrected chi connectivity index (χ2v) is 5.22. The number of carbonyl (C=O) groups is 1. The van der Waals surface area contributed by atoms with Gasteiger partial charge in [-0.15, -0.1) is 0 Å². The molecule has 0 aliphatic heterocycles. The van der Waals surface area contributed by atoms with Gasteiger partial charge >= 0.3 is 0 Å². The summed E-state index contributed by atoms with van der Waals surface area (Å²) in [7, 11) is 0. The molecule has 1 rings (SSSR count). The zero-order chi connectivity index (χ0) is 13.2. The van der Waals surface area contributed by atoms with Crippen molar-refractivity contribution >= 4 is 5.78 Å². The fraction of sp³-hybridized carbons (Fsp3) is 0.588. The number of aryl methyl sites for hydroxylation is 1. The first-order chi connectivity index (χ1) is 8.72. The van der Waals surface area contributed by atoms with Crippen molar-refractivity contribution in [3.8, 4) is 0 Å². The molecule has 0 spiro atoms.